The average molecular weight is 320 g/mol. The molecule has 0 saturated carbocycles. The van der Waals surface area contributed by atoms with Gasteiger partial charge in [-0.3, -0.25) is 0 Å². The summed E-state index contributed by atoms with van der Waals surface area (Å²) in [6.45, 7) is -0.465. The Kier molecular flexibility index (Phi) is 4.65. The molecular formula is C8H8ClF2NO4S2. The van der Waals surface area contributed by atoms with Crippen molar-refractivity contribution in [1.82, 2.24) is 4.72 Å². The quantitative estimate of drug-likeness (QED) is 0.815. The van der Waals surface area contributed by atoms with Gasteiger partial charge in [0.05, 0.1) is 10.6 Å². The summed E-state index contributed by atoms with van der Waals surface area (Å²) in [5, 5.41) is 0. The minimum Gasteiger partial charge on any atom is -0.212 e. The normalized spacial score (nSPS) is 12.6. The van der Waals surface area contributed by atoms with Crippen molar-refractivity contribution >= 4 is 29.8 Å². The molecule has 0 aliphatic rings. The maximum absolute atomic E-state index is 12.8. The lowest BCUT2D eigenvalue weighted by Crippen LogP contribution is -2.28. The minimum absolute atomic E-state index is 0.465. The first-order chi connectivity index (χ1) is 8.12. The molecule has 0 amide bonds. The summed E-state index contributed by atoms with van der Waals surface area (Å²) < 4.78 is 71.6. The Labute approximate surface area is 107 Å². The lowest BCUT2D eigenvalue weighted by atomic mass is 10.3. The molecule has 18 heavy (non-hydrogen) atoms. The van der Waals surface area contributed by atoms with Crippen LogP contribution in [0, 0.1) is 11.6 Å². The van der Waals surface area contributed by atoms with E-state index in [1.807, 2.05) is 4.72 Å². The van der Waals surface area contributed by atoms with Gasteiger partial charge in [0, 0.05) is 17.2 Å². The third-order valence-corrected chi connectivity index (χ3v) is 4.45. The van der Waals surface area contributed by atoms with Crippen molar-refractivity contribution in [2.45, 2.75) is 4.90 Å². The van der Waals surface area contributed by atoms with Crippen molar-refractivity contribution < 1.29 is 25.6 Å². The van der Waals surface area contributed by atoms with Crippen LogP contribution in [0.5, 0.6) is 0 Å². The van der Waals surface area contributed by atoms with Crippen LogP contribution in [0.15, 0.2) is 23.1 Å². The molecule has 0 aromatic heterocycles. The molecule has 1 rings (SSSR count). The number of sulfonamides is 1. The van der Waals surface area contributed by atoms with Crippen molar-refractivity contribution in [2.24, 2.45) is 0 Å². The highest BCUT2D eigenvalue weighted by molar-refractivity contribution is 8.13. The molecule has 0 heterocycles. The van der Waals surface area contributed by atoms with Gasteiger partial charge in [-0.2, -0.15) is 0 Å². The van der Waals surface area contributed by atoms with E-state index >= 15 is 0 Å². The van der Waals surface area contributed by atoms with Gasteiger partial charge in [0.15, 0.2) is 11.6 Å². The van der Waals surface area contributed by atoms with Gasteiger partial charge in [-0.15, -0.1) is 0 Å². The van der Waals surface area contributed by atoms with Gasteiger partial charge in [0.25, 0.3) is 0 Å². The number of hydrogen-bond acceptors (Lipinski definition) is 4. The highest BCUT2D eigenvalue weighted by atomic mass is 35.7. The summed E-state index contributed by atoms with van der Waals surface area (Å²) in [5.74, 6) is -3.11. The standard InChI is InChI=1S/C8H8ClF2NO4S2/c9-17(13,14)4-3-12-18(15,16)6-1-2-7(10)8(11)5-6/h1-2,5,12H,3-4H2. The van der Waals surface area contributed by atoms with E-state index in [9.17, 15) is 25.6 Å². The number of benzene rings is 1. The molecule has 102 valence electrons. The molecule has 0 aliphatic heterocycles. The van der Waals surface area contributed by atoms with Crippen LogP contribution in [0.2, 0.25) is 0 Å². The largest absolute Gasteiger partial charge is 0.240 e. The maximum atomic E-state index is 12.8. The van der Waals surface area contributed by atoms with Crippen molar-refractivity contribution in [2.75, 3.05) is 12.3 Å². The SMILES string of the molecule is O=S(=O)(Cl)CCNS(=O)(=O)c1ccc(F)c(F)c1. The van der Waals surface area contributed by atoms with E-state index in [0.29, 0.717) is 12.1 Å². The molecule has 0 spiro atoms. The molecule has 0 aliphatic carbocycles. The van der Waals surface area contributed by atoms with Crippen molar-refractivity contribution in [3.63, 3.8) is 0 Å². The number of halogens is 3. The maximum Gasteiger partial charge on any atom is 0.240 e. The van der Waals surface area contributed by atoms with Crippen LogP contribution in [0.25, 0.3) is 0 Å². The molecule has 0 saturated heterocycles. The highest BCUT2D eigenvalue weighted by Gasteiger charge is 2.17. The molecular weight excluding hydrogens is 312 g/mol. The van der Waals surface area contributed by atoms with E-state index in [0.717, 1.165) is 6.07 Å². The van der Waals surface area contributed by atoms with E-state index in [1.54, 1.807) is 0 Å². The fourth-order valence-corrected chi connectivity index (χ4v) is 2.78. The molecule has 5 nitrogen and oxygen atoms in total. The van der Waals surface area contributed by atoms with Gasteiger partial charge in [-0.05, 0) is 18.2 Å². The van der Waals surface area contributed by atoms with Gasteiger partial charge >= 0.3 is 0 Å². The van der Waals surface area contributed by atoms with Crippen LogP contribution >= 0.6 is 10.7 Å². The summed E-state index contributed by atoms with van der Waals surface area (Å²) in [6, 6.07) is 2.00. The molecule has 1 aromatic rings. The Hall–Kier alpha value is -0.770. The molecule has 0 unspecified atom stereocenters. The Morgan fingerprint density at radius 3 is 2.22 bits per heavy atom. The van der Waals surface area contributed by atoms with Crippen LogP contribution in [0.4, 0.5) is 8.78 Å². The van der Waals surface area contributed by atoms with E-state index in [-0.39, 0.29) is 0 Å². The number of hydrogen-bond donors (Lipinski definition) is 1. The first-order valence-electron chi connectivity index (χ1n) is 4.49. The van der Waals surface area contributed by atoms with Crippen LogP contribution in [-0.2, 0) is 19.1 Å². The zero-order chi connectivity index (χ0) is 14.0. The second-order valence-electron chi connectivity index (χ2n) is 3.22. The molecule has 0 fully saturated rings. The summed E-state index contributed by atoms with van der Waals surface area (Å²) >= 11 is 0. The zero-order valence-electron chi connectivity index (χ0n) is 8.73. The first kappa shape index (κ1) is 15.3. The van der Waals surface area contributed by atoms with Crippen molar-refractivity contribution in [1.29, 1.82) is 0 Å². The predicted molar refractivity (Wildman–Crippen MR) is 61.2 cm³/mol. The van der Waals surface area contributed by atoms with E-state index in [4.69, 9.17) is 10.7 Å². The Balaban J connectivity index is 2.84. The van der Waals surface area contributed by atoms with Crippen LogP contribution in [0.3, 0.4) is 0 Å². The van der Waals surface area contributed by atoms with E-state index < -0.39 is 47.9 Å². The highest BCUT2D eigenvalue weighted by Crippen LogP contribution is 2.13. The molecule has 1 N–H and O–H groups in total. The summed E-state index contributed by atoms with van der Waals surface area (Å²) in [5.41, 5.74) is 0. The van der Waals surface area contributed by atoms with Gasteiger partial charge in [0.1, 0.15) is 0 Å². The van der Waals surface area contributed by atoms with Gasteiger partial charge in [-0.25, -0.2) is 30.3 Å². The average Bonchev–Trinajstić information content (AvgIpc) is 2.19. The molecule has 10 heteroatoms. The molecule has 0 radical (unpaired) electrons. The minimum atomic E-state index is -4.10. The van der Waals surface area contributed by atoms with E-state index in [1.165, 1.54) is 0 Å². The zero-order valence-corrected chi connectivity index (χ0v) is 11.1. The summed E-state index contributed by atoms with van der Waals surface area (Å²) in [4.78, 5) is -0.506. The monoisotopic (exact) mass is 319 g/mol. The molecule has 0 bridgehead atoms. The fraction of sp³-hybridized carbons (Fsp3) is 0.250. The molecule has 1 aromatic carbocycles. The number of rotatable bonds is 5. The van der Waals surface area contributed by atoms with Crippen LogP contribution in [-0.4, -0.2) is 29.1 Å². The second kappa shape index (κ2) is 5.47. The third-order valence-electron chi connectivity index (χ3n) is 1.84. The van der Waals surface area contributed by atoms with Gasteiger partial charge in [0.2, 0.25) is 19.1 Å². The Morgan fingerprint density at radius 1 is 1.11 bits per heavy atom. The van der Waals surface area contributed by atoms with E-state index in [2.05, 4.69) is 0 Å². The topological polar surface area (TPSA) is 80.3 Å². The van der Waals surface area contributed by atoms with Crippen molar-refractivity contribution in [3.05, 3.63) is 29.8 Å². The number of nitrogens with one attached hydrogen (secondary N) is 1. The van der Waals surface area contributed by atoms with Crippen LogP contribution in [0.1, 0.15) is 0 Å². The van der Waals surface area contributed by atoms with Gasteiger partial charge < -0.3 is 0 Å². The summed E-state index contributed by atoms with van der Waals surface area (Å²) in [7, 11) is -3.05. The Morgan fingerprint density at radius 2 is 1.72 bits per heavy atom. The lowest BCUT2D eigenvalue weighted by molar-refractivity contribution is 0.504. The lowest BCUT2D eigenvalue weighted by Gasteiger charge is -2.05. The smallest absolute Gasteiger partial charge is 0.212 e. The Bertz CT molecular complexity index is 645. The first-order valence-corrected chi connectivity index (χ1v) is 8.45. The van der Waals surface area contributed by atoms with Gasteiger partial charge in [-0.1, -0.05) is 0 Å². The fourth-order valence-electron chi connectivity index (χ4n) is 1.03. The third kappa shape index (κ3) is 4.48. The predicted octanol–water partition coefficient (Wildman–Crippen LogP) is 0.812. The second-order valence-corrected chi connectivity index (χ2v) is 7.88. The summed E-state index contributed by atoms with van der Waals surface area (Å²) in [6.07, 6.45) is 0. The van der Waals surface area contributed by atoms with Crippen molar-refractivity contribution in [3.8, 4) is 0 Å². The molecule has 0 atom stereocenters. The van der Waals surface area contributed by atoms with Crippen LogP contribution < -0.4 is 4.72 Å².